The van der Waals surface area contributed by atoms with Gasteiger partial charge in [-0.05, 0) is 69.6 Å². The molecule has 0 bridgehead atoms. The van der Waals surface area contributed by atoms with E-state index in [-0.39, 0.29) is 42.0 Å². The van der Waals surface area contributed by atoms with Crippen LogP contribution in [0.4, 0.5) is 4.79 Å². The number of fused-ring (bicyclic) bond motifs is 1. The number of carbonyl (C=O) groups excluding carboxylic acids is 5. The van der Waals surface area contributed by atoms with E-state index in [2.05, 4.69) is 43.0 Å². The predicted molar refractivity (Wildman–Crippen MR) is 156 cm³/mol. The van der Waals surface area contributed by atoms with Crippen LogP contribution in [0, 0.1) is 23.2 Å². The van der Waals surface area contributed by atoms with Gasteiger partial charge in [-0.1, -0.05) is 45.3 Å². The number of nitrogens with one attached hydrogen (secondary N) is 3. The van der Waals surface area contributed by atoms with E-state index in [1.165, 1.54) is 6.08 Å². The highest BCUT2D eigenvalue weighted by Gasteiger charge is 2.69. The molecule has 0 spiro atoms. The molecule has 1 aliphatic heterocycles. The molecule has 1 unspecified atom stereocenters. The van der Waals surface area contributed by atoms with Crippen molar-refractivity contribution in [1.29, 1.82) is 0 Å². The molecule has 0 aromatic carbocycles. The standard InChI is InChI=1S/C31H48N4O6/c1-8-10-16-21(25(36)27(38)32-17-9-2)33-26(37)24-22-20(31(22,6)7)18-35(24)28(39)23(19-14-12-11-13-15-19)34-29(40)41-30(3,4)5/h8-9,19-24H,1-2,10-18H2,3-7H3,(H,32,38)(H,33,37)(H,34,40)/t20-,21?,22-,23-,24-/m0/s1. The molecule has 1 saturated heterocycles. The predicted octanol–water partition coefficient (Wildman–Crippen LogP) is 3.27. The van der Waals surface area contributed by atoms with Crippen LogP contribution in [0.1, 0.15) is 79.6 Å². The lowest BCUT2D eigenvalue weighted by atomic mass is 9.83. The summed E-state index contributed by atoms with van der Waals surface area (Å²) in [5.74, 6) is -2.36. The van der Waals surface area contributed by atoms with Gasteiger partial charge in [0.15, 0.2) is 0 Å². The topological polar surface area (TPSA) is 134 Å². The highest BCUT2D eigenvalue weighted by Crippen LogP contribution is 2.65. The summed E-state index contributed by atoms with van der Waals surface area (Å²) in [4.78, 5) is 67.8. The quantitative estimate of drug-likeness (QED) is 0.243. The van der Waals surface area contributed by atoms with Crippen molar-refractivity contribution in [1.82, 2.24) is 20.9 Å². The third-order valence-corrected chi connectivity index (χ3v) is 8.74. The van der Waals surface area contributed by atoms with E-state index in [1.54, 1.807) is 31.7 Å². The Labute approximate surface area is 244 Å². The minimum Gasteiger partial charge on any atom is -0.444 e. The molecule has 2 aliphatic carbocycles. The van der Waals surface area contributed by atoms with E-state index < -0.39 is 47.4 Å². The molecule has 3 N–H and O–H groups in total. The summed E-state index contributed by atoms with van der Waals surface area (Å²) in [6, 6.07) is -2.69. The third kappa shape index (κ3) is 7.77. The zero-order chi connectivity index (χ0) is 30.5. The van der Waals surface area contributed by atoms with E-state index in [0.29, 0.717) is 13.0 Å². The number of piperidine rings is 1. The molecule has 3 aliphatic rings. The van der Waals surface area contributed by atoms with Gasteiger partial charge in [-0.2, -0.15) is 0 Å². The van der Waals surface area contributed by atoms with Crippen molar-refractivity contribution in [2.45, 2.75) is 103 Å². The monoisotopic (exact) mass is 572 g/mol. The lowest BCUT2D eigenvalue weighted by Gasteiger charge is -2.37. The fraction of sp³-hybridized carbons (Fsp3) is 0.710. The average molecular weight is 573 g/mol. The Kier molecular flexibility index (Phi) is 10.4. The van der Waals surface area contributed by atoms with Crippen LogP contribution in [0.25, 0.3) is 0 Å². The van der Waals surface area contributed by atoms with Crippen LogP contribution in [0.5, 0.6) is 0 Å². The summed E-state index contributed by atoms with van der Waals surface area (Å²) in [6.07, 6.45) is 7.66. The summed E-state index contributed by atoms with van der Waals surface area (Å²) in [7, 11) is 0. The van der Waals surface area contributed by atoms with Gasteiger partial charge in [-0.25, -0.2) is 4.79 Å². The number of amides is 4. The van der Waals surface area contributed by atoms with Gasteiger partial charge in [-0.15, -0.1) is 13.2 Å². The second-order valence-corrected chi connectivity index (χ2v) is 13.2. The number of alkyl carbamates (subject to hydrolysis) is 1. The van der Waals surface area contributed by atoms with E-state index in [1.807, 2.05) is 0 Å². The molecule has 10 heteroatoms. The van der Waals surface area contributed by atoms with Crippen molar-refractivity contribution in [3.63, 3.8) is 0 Å². The van der Waals surface area contributed by atoms with Gasteiger partial charge < -0.3 is 25.6 Å². The lowest BCUT2D eigenvalue weighted by molar-refractivity contribution is -0.145. The number of rotatable bonds is 12. The number of ether oxygens (including phenoxy) is 1. The van der Waals surface area contributed by atoms with Crippen LogP contribution in [0.15, 0.2) is 25.3 Å². The number of hydrogen-bond donors (Lipinski definition) is 3. The molecular formula is C31H48N4O6. The molecule has 4 amide bonds. The van der Waals surface area contributed by atoms with Crippen LogP contribution in [-0.4, -0.2) is 71.3 Å². The maximum absolute atomic E-state index is 14.2. The Bertz CT molecular complexity index is 1040. The van der Waals surface area contributed by atoms with Gasteiger partial charge >= 0.3 is 6.09 Å². The Hall–Kier alpha value is -3.17. The first kappa shape index (κ1) is 32.3. The molecule has 0 radical (unpaired) electrons. The smallest absolute Gasteiger partial charge is 0.408 e. The van der Waals surface area contributed by atoms with E-state index in [0.717, 1.165) is 32.1 Å². The van der Waals surface area contributed by atoms with Crippen LogP contribution in [0.3, 0.4) is 0 Å². The van der Waals surface area contributed by atoms with Crippen molar-refractivity contribution in [2.24, 2.45) is 23.2 Å². The highest BCUT2D eigenvalue weighted by atomic mass is 16.6. The fourth-order valence-corrected chi connectivity index (χ4v) is 6.50. The van der Waals surface area contributed by atoms with Crippen molar-refractivity contribution in [3.8, 4) is 0 Å². The van der Waals surface area contributed by atoms with Crippen molar-refractivity contribution < 1.29 is 28.7 Å². The van der Waals surface area contributed by atoms with Gasteiger partial charge in [0.05, 0.1) is 6.04 Å². The van der Waals surface area contributed by atoms with Gasteiger partial charge in [-0.3, -0.25) is 19.2 Å². The van der Waals surface area contributed by atoms with Gasteiger partial charge in [0, 0.05) is 13.1 Å². The minimum atomic E-state index is -1.06. The van der Waals surface area contributed by atoms with Crippen molar-refractivity contribution in [3.05, 3.63) is 25.3 Å². The molecule has 228 valence electrons. The largest absolute Gasteiger partial charge is 0.444 e. The van der Waals surface area contributed by atoms with Gasteiger partial charge in [0.1, 0.15) is 17.7 Å². The average Bonchev–Trinajstić information content (AvgIpc) is 3.23. The summed E-state index contributed by atoms with van der Waals surface area (Å²) in [5.41, 5.74) is -0.878. The SMILES string of the molecule is C=CCCC(NC(=O)[C@@H]1[C@@H]2[C@H](CN1C(=O)[C@@H](NC(=O)OC(C)(C)C)C1CCCCC1)C2(C)C)C(=O)C(=O)NCC=C. The maximum atomic E-state index is 14.2. The zero-order valence-electron chi connectivity index (χ0n) is 25.3. The number of hydrogen-bond acceptors (Lipinski definition) is 6. The molecule has 5 atom stereocenters. The zero-order valence-corrected chi connectivity index (χ0v) is 25.3. The number of likely N-dealkylation sites (tertiary alicyclic amines) is 1. The molecule has 1 heterocycles. The highest BCUT2D eigenvalue weighted by molar-refractivity contribution is 6.38. The third-order valence-electron chi connectivity index (χ3n) is 8.74. The molecule has 3 fully saturated rings. The van der Waals surface area contributed by atoms with Gasteiger partial charge in [0.2, 0.25) is 17.6 Å². The van der Waals surface area contributed by atoms with E-state index >= 15 is 0 Å². The first-order chi connectivity index (χ1) is 19.2. The number of ketones is 1. The van der Waals surface area contributed by atoms with E-state index in [9.17, 15) is 24.0 Å². The summed E-state index contributed by atoms with van der Waals surface area (Å²) >= 11 is 0. The summed E-state index contributed by atoms with van der Waals surface area (Å²) in [5, 5.41) is 8.11. The Morgan fingerprint density at radius 2 is 1.68 bits per heavy atom. The maximum Gasteiger partial charge on any atom is 0.408 e. The molecule has 0 aromatic rings. The van der Waals surface area contributed by atoms with Crippen LogP contribution in [-0.2, 0) is 23.9 Å². The van der Waals surface area contributed by atoms with E-state index in [4.69, 9.17) is 4.74 Å². The molecule has 0 aromatic heterocycles. The Morgan fingerprint density at radius 1 is 1.02 bits per heavy atom. The van der Waals surface area contributed by atoms with Crippen molar-refractivity contribution >= 4 is 29.6 Å². The molecule has 2 saturated carbocycles. The number of carbonyl (C=O) groups is 5. The summed E-state index contributed by atoms with van der Waals surface area (Å²) in [6.45, 7) is 17.2. The first-order valence-electron chi connectivity index (χ1n) is 14.9. The number of allylic oxidation sites excluding steroid dienone is 1. The van der Waals surface area contributed by atoms with Crippen LogP contribution in [0.2, 0.25) is 0 Å². The second-order valence-electron chi connectivity index (χ2n) is 13.2. The minimum absolute atomic E-state index is 0.0621. The number of Topliss-reactive ketones (excluding diaryl/α,β-unsaturated/α-hetero) is 1. The van der Waals surface area contributed by atoms with Gasteiger partial charge in [0.25, 0.3) is 5.91 Å². The molecule has 10 nitrogen and oxygen atoms in total. The molecule has 41 heavy (non-hydrogen) atoms. The second kappa shape index (κ2) is 13.2. The normalized spacial score (nSPS) is 24.7. The Balaban J connectivity index is 1.85. The molecule has 3 rings (SSSR count). The lowest BCUT2D eigenvalue weighted by Crippen LogP contribution is -2.59. The fourth-order valence-electron chi connectivity index (χ4n) is 6.50. The first-order valence-corrected chi connectivity index (χ1v) is 14.9. The Morgan fingerprint density at radius 3 is 2.27 bits per heavy atom. The van der Waals surface area contributed by atoms with Crippen LogP contribution < -0.4 is 16.0 Å². The molecular weight excluding hydrogens is 524 g/mol. The number of nitrogens with zero attached hydrogens (tertiary/aromatic N) is 1. The van der Waals surface area contributed by atoms with Crippen LogP contribution >= 0.6 is 0 Å². The van der Waals surface area contributed by atoms with Crippen molar-refractivity contribution in [2.75, 3.05) is 13.1 Å². The summed E-state index contributed by atoms with van der Waals surface area (Å²) < 4.78 is 5.49.